The molecular formula is C10H13NO5. The highest BCUT2D eigenvalue weighted by atomic mass is 16.5. The summed E-state index contributed by atoms with van der Waals surface area (Å²) >= 11 is 0. The maximum absolute atomic E-state index is 11.3. The van der Waals surface area contributed by atoms with E-state index in [1.165, 1.54) is 20.2 Å². The quantitative estimate of drug-likeness (QED) is 0.733. The number of furan rings is 1. The van der Waals surface area contributed by atoms with Gasteiger partial charge >= 0.3 is 5.97 Å². The summed E-state index contributed by atoms with van der Waals surface area (Å²) in [5.41, 5.74) is 0. The van der Waals surface area contributed by atoms with E-state index >= 15 is 0 Å². The molecule has 1 heterocycles. The molecule has 1 aromatic rings. The Morgan fingerprint density at radius 3 is 2.81 bits per heavy atom. The number of carbonyl (C=O) groups is 2. The molecule has 0 spiro atoms. The van der Waals surface area contributed by atoms with Crippen LogP contribution >= 0.6 is 0 Å². The second-order valence-corrected chi connectivity index (χ2v) is 2.95. The van der Waals surface area contributed by atoms with Crippen LogP contribution in [0.25, 0.3) is 0 Å². The molecule has 1 amide bonds. The summed E-state index contributed by atoms with van der Waals surface area (Å²) in [6.07, 6.45) is 0. The molecule has 1 N–H and O–H groups in total. The third kappa shape index (κ3) is 3.39. The highest BCUT2D eigenvalue weighted by Gasteiger charge is 2.13. The average molecular weight is 227 g/mol. The molecule has 0 fully saturated rings. The molecular weight excluding hydrogens is 214 g/mol. The molecule has 0 aliphatic rings. The number of hydrogen-bond donors (Lipinski definition) is 1. The molecule has 0 aromatic carbocycles. The molecule has 1 aromatic heterocycles. The first-order valence-corrected chi connectivity index (χ1v) is 4.62. The van der Waals surface area contributed by atoms with Crippen LogP contribution in [0.5, 0.6) is 0 Å². The first kappa shape index (κ1) is 12.3. The van der Waals surface area contributed by atoms with Crippen LogP contribution in [0.2, 0.25) is 0 Å². The summed E-state index contributed by atoms with van der Waals surface area (Å²) in [7, 11) is 2.98. The average Bonchev–Trinajstić information content (AvgIpc) is 2.74. The van der Waals surface area contributed by atoms with E-state index in [1.807, 2.05) is 0 Å². The molecule has 1 rings (SSSR count). The molecule has 0 aliphatic heterocycles. The van der Waals surface area contributed by atoms with Gasteiger partial charge in [0, 0.05) is 14.2 Å². The molecule has 88 valence electrons. The first-order chi connectivity index (χ1) is 7.67. The van der Waals surface area contributed by atoms with Crippen LogP contribution in [0.4, 0.5) is 0 Å². The monoisotopic (exact) mass is 227 g/mol. The summed E-state index contributed by atoms with van der Waals surface area (Å²) < 4.78 is 14.6. The molecule has 0 bridgehead atoms. The van der Waals surface area contributed by atoms with Crippen LogP contribution in [-0.2, 0) is 20.9 Å². The Bertz CT molecular complexity index is 371. The number of ether oxygens (including phenoxy) is 2. The molecule has 0 radical (unpaired) electrons. The van der Waals surface area contributed by atoms with Crippen LogP contribution in [-0.4, -0.2) is 32.6 Å². The Balaban J connectivity index is 2.49. The molecule has 0 aliphatic carbocycles. The molecule has 0 saturated carbocycles. The normalized spacial score (nSPS) is 9.88. The van der Waals surface area contributed by atoms with Gasteiger partial charge in [-0.25, -0.2) is 4.79 Å². The highest BCUT2D eigenvalue weighted by molar-refractivity contribution is 5.88. The molecule has 6 heteroatoms. The lowest BCUT2D eigenvalue weighted by Crippen LogP contribution is -2.24. The van der Waals surface area contributed by atoms with Gasteiger partial charge in [0.1, 0.15) is 12.4 Å². The topological polar surface area (TPSA) is 77.8 Å². The summed E-state index contributed by atoms with van der Waals surface area (Å²) in [6, 6.07) is 3.08. The zero-order valence-corrected chi connectivity index (χ0v) is 9.11. The summed E-state index contributed by atoms with van der Waals surface area (Å²) in [5, 5.41) is 2.33. The Kier molecular flexibility index (Phi) is 4.53. The van der Waals surface area contributed by atoms with Crippen molar-refractivity contribution in [2.45, 2.75) is 6.61 Å². The van der Waals surface area contributed by atoms with E-state index in [0.29, 0.717) is 5.76 Å². The van der Waals surface area contributed by atoms with Gasteiger partial charge in [0.15, 0.2) is 6.61 Å². The minimum Gasteiger partial charge on any atom is -0.452 e. The van der Waals surface area contributed by atoms with Gasteiger partial charge in [0.2, 0.25) is 5.76 Å². The lowest BCUT2D eigenvalue weighted by atomic mass is 10.4. The molecule has 0 atom stereocenters. The van der Waals surface area contributed by atoms with E-state index < -0.39 is 5.97 Å². The van der Waals surface area contributed by atoms with Crippen LogP contribution < -0.4 is 5.32 Å². The van der Waals surface area contributed by atoms with Crippen molar-refractivity contribution in [2.75, 3.05) is 20.8 Å². The maximum atomic E-state index is 11.3. The molecule has 0 unspecified atom stereocenters. The number of esters is 1. The van der Waals surface area contributed by atoms with Crippen LogP contribution in [0.15, 0.2) is 16.5 Å². The zero-order chi connectivity index (χ0) is 12.0. The summed E-state index contributed by atoms with van der Waals surface area (Å²) in [4.78, 5) is 22.2. The van der Waals surface area contributed by atoms with E-state index in [4.69, 9.17) is 9.15 Å². The predicted octanol–water partition coefficient (Wildman–Crippen LogP) is 0.329. The number of methoxy groups -OCH3 is 1. The lowest BCUT2D eigenvalue weighted by Gasteiger charge is -2.01. The maximum Gasteiger partial charge on any atom is 0.374 e. The molecule has 16 heavy (non-hydrogen) atoms. The minimum atomic E-state index is -0.675. The van der Waals surface area contributed by atoms with Crippen molar-refractivity contribution in [1.29, 1.82) is 0 Å². The zero-order valence-electron chi connectivity index (χ0n) is 9.11. The highest BCUT2D eigenvalue weighted by Crippen LogP contribution is 2.09. The number of carbonyl (C=O) groups excluding carboxylic acids is 2. The van der Waals surface area contributed by atoms with Crippen LogP contribution in [0.3, 0.4) is 0 Å². The third-order valence-corrected chi connectivity index (χ3v) is 1.76. The van der Waals surface area contributed by atoms with Gasteiger partial charge in [-0.2, -0.15) is 0 Å². The van der Waals surface area contributed by atoms with Crippen molar-refractivity contribution < 1.29 is 23.5 Å². The second-order valence-electron chi connectivity index (χ2n) is 2.95. The summed E-state index contributed by atoms with van der Waals surface area (Å²) in [5.74, 6) is -0.478. The van der Waals surface area contributed by atoms with E-state index in [0.717, 1.165) is 0 Å². The number of likely N-dealkylation sites (N-methyl/N-ethyl adjacent to an activating group) is 1. The van der Waals surface area contributed by atoms with Gasteiger partial charge in [-0.15, -0.1) is 0 Å². The van der Waals surface area contributed by atoms with Crippen molar-refractivity contribution in [2.24, 2.45) is 0 Å². The van der Waals surface area contributed by atoms with Gasteiger partial charge < -0.3 is 19.2 Å². The van der Waals surface area contributed by atoms with E-state index in [2.05, 4.69) is 10.1 Å². The Labute approximate surface area is 92.5 Å². The second kappa shape index (κ2) is 5.92. The lowest BCUT2D eigenvalue weighted by molar-refractivity contribution is -0.123. The van der Waals surface area contributed by atoms with Crippen molar-refractivity contribution in [1.82, 2.24) is 5.32 Å². The number of hydrogen-bond acceptors (Lipinski definition) is 5. The molecule has 6 nitrogen and oxygen atoms in total. The van der Waals surface area contributed by atoms with Crippen molar-refractivity contribution >= 4 is 11.9 Å². The van der Waals surface area contributed by atoms with Gasteiger partial charge in [0.25, 0.3) is 5.91 Å². The SMILES string of the molecule is CNC(=O)COC(=O)c1ccc(COC)o1. The standard InChI is InChI=1S/C10H13NO5/c1-11-9(12)6-15-10(13)8-4-3-7(16-8)5-14-2/h3-4H,5-6H2,1-2H3,(H,11,12). The van der Waals surface area contributed by atoms with E-state index in [1.54, 1.807) is 6.07 Å². The first-order valence-electron chi connectivity index (χ1n) is 4.62. The van der Waals surface area contributed by atoms with Crippen molar-refractivity contribution in [3.63, 3.8) is 0 Å². The number of nitrogens with one attached hydrogen (secondary N) is 1. The fourth-order valence-electron chi connectivity index (χ4n) is 0.982. The van der Waals surface area contributed by atoms with E-state index in [-0.39, 0.29) is 24.9 Å². The van der Waals surface area contributed by atoms with Crippen LogP contribution in [0, 0.1) is 0 Å². The third-order valence-electron chi connectivity index (χ3n) is 1.76. The van der Waals surface area contributed by atoms with Gasteiger partial charge in [-0.3, -0.25) is 4.79 Å². The number of amides is 1. The Morgan fingerprint density at radius 2 is 2.19 bits per heavy atom. The Morgan fingerprint density at radius 1 is 1.44 bits per heavy atom. The smallest absolute Gasteiger partial charge is 0.374 e. The van der Waals surface area contributed by atoms with E-state index in [9.17, 15) is 9.59 Å². The van der Waals surface area contributed by atoms with Crippen LogP contribution in [0.1, 0.15) is 16.3 Å². The molecule has 0 saturated heterocycles. The number of rotatable bonds is 5. The van der Waals surface area contributed by atoms with Gasteiger partial charge in [-0.1, -0.05) is 0 Å². The predicted molar refractivity (Wildman–Crippen MR) is 53.8 cm³/mol. The minimum absolute atomic E-state index is 0.0518. The van der Waals surface area contributed by atoms with Crippen molar-refractivity contribution in [3.8, 4) is 0 Å². The largest absolute Gasteiger partial charge is 0.452 e. The fraction of sp³-hybridized carbons (Fsp3) is 0.400. The fourth-order valence-corrected chi connectivity index (χ4v) is 0.982. The van der Waals surface area contributed by atoms with Gasteiger partial charge in [0.05, 0.1) is 0 Å². The summed E-state index contributed by atoms with van der Waals surface area (Å²) in [6.45, 7) is -0.0433. The van der Waals surface area contributed by atoms with Gasteiger partial charge in [-0.05, 0) is 12.1 Å². The Hall–Kier alpha value is -1.82. The van der Waals surface area contributed by atoms with Crippen molar-refractivity contribution in [3.05, 3.63) is 23.7 Å².